The van der Waals surface area contributed by atoms with E-state index in [-0.39, 0.29) is 0 Å². The molecule has 0 aliphatic rings. The molecule has 3 heterocycles. The number of para-hydroxylation sites is 3. The van der Waals surface area contributed by atoms with Crippen molar-refractivity contribution in [1.82, 2.24) is 19.5 Å². The van der Waals surface area contributed by atoms with Gasteiger partial charge in [0.1, 0.15) is 0 Å². The highest BCUT2D eigenvalue weighted by Gasteiger charge is 2.23. The molecule has 5 nitrogen and oxygen atoms in total. The Hall–Kier alpha value is -7.94. The molecular weight excluding hydrogens is 695 g/mol. The molecule has 0 fully saturated rings. The summed E-state index contributed by atoms with van der Waals surface area (Å²) >= 11 is 0. The van der Waals surface area contributed by atoms with Crippen molar-refractivity contribution in [3.8, 4) is 50.6 Å². The fourth-order valence-electron chi connectivity index (χ4n) is 8.45. The van der Waals surface area contributed by atoms with Crippen LogP contribution in [-0.2, 0) is 0 Å². The fraction of sp³-hybridized carbons (Fsp3) is 0. The zero-order valence-corrected chi connectivity index (χ0v) is 30.6. The smallest absolute Gasteiger partial charge is 0.199 e. The fourth-order valence-corrected chi connectivity index (χ4v) is 8.45. The highest BCUT2D eigenvalue weighted by atomic mass is 15.0. The number of hydrogen-bond acceptors (Lipinski definition) is 3. The van der Waals surface area contributed by atoms with E-state index in [1.165, 1.54) is 21.8 Å². The van der Waals surface area contributed by atoms with Crippen LogP contribution in [0.2, 0.25) is 0 Å². The van der Waals surface area contributed by atoms with Crippen molar-refractivity contribution in [3.63, 3.8) is 0 Å². The maximum Gasteiger partial charge on any atom is 0.199 e. The molecule has 0 N–H and O–H groups in total. The van der Waals surface area contributed by atoms with Gasteiger partial charge in [-0.2, -0.15) is 0 Å². The summed E-state index contributed by atoms with van der Waals surface area (Å²) < 4.78 is 2.33. The molecule has 0 saturated heterocycles. The number of hydrogen-bond donors (Lipinski definition) is 0. The maximum atomic E-state index is 8.53. The average Bonchev–Trinajstić information content (AvgIpc) is 3.63. The zero-order valence-electron chi connectivity index (χ0n) is 30.6. The van der Waals surface area contributed by atoms with Crippen LogP contribution in [0.5, 0.6) is 0 Å². The largest absolute Gasteiger partial charge is 0.309 e. The summed E-state index contributed by atoms with van der Waals surface area (Å²) in [6.45, 7) is 8.53. The molecule has 3 aromatic heterocycles. The molecule has 57 heavy (non-hydrogen) atoms. The van der Waals surface area contributed by atoms with E-state index in [1.807, 2.05) is 66.7 Å². The summed E-state index contributed by atoms with van der Waals surface area (Å²) in [6.07, 6.45) is 0. The SMILES string of the molecule is [C-]#[N+]c1cc2nc(-c3ccccc3)c(-c3ccccc3)nc2c2c1c(-c1ccccc1-c1ccc(-n3c4ccccc4c4ccccc43)cc1)nc1ccccc12. The molecular formula is C52H31N5. The highest BCUT2D eigenvalue weighted by molar-refractivity contribution is 6.25. The molecule has 264 valence electrons. The second kappa shape index (κ2) is 13.1. The van der Waals surface area contributed by atoms with Crippen LogP contribution >= 0.6 is 0 Å². The molecule has 11 rings (SSSR count). The summed E-state index contributed by atoms with van der Waals surface area (Å²) in [6, 6.07) is 64.7. The number of nitrogens with zero attached hydrogens (tertiary/aromatic N) is 5. The Morgan fingerprint density at radius 1 is 0.404 bits per heavy atom. The Labute approximate surface area is 328 Å². The van der Waals surface area contributed by atoms with Crippen LogP contribution in [0.15, 0.2) is 188 Å². The van der Waals surface area contributed by atoms with Gasteiger partial charge in [0.15, 0.2) is 5.69 Å². The predicted octanol–water partition coefficient (Wildman–Crippen LogP) is 13.6. The number of pyridine rings is 1. The van der Waals surface area contributed by atoms with Crippen molar-refractivity contribution in [2.75, 3.05) is 0 Å². The lowest BCUT2D eigenvalue weighted by atomic mass is 9.92. The summed E-state index contributed by atoms with van der Waals surface area (Å²) in [7, 11) is 0. The maximum absolute atomic E-state index is 8.53. The Balaban J connectivity index is 1.16. The van der Waals surface area contributed by atoms with Crippen LogP contribution in [0.3, 0.4) is 0 Å². The number of aromatic nitrogens is 4. The third-order valence-corrected chi connectivity index (χ3v) is 11.0. The Morgan fingerprint density at radius 2 is 0.930 bits per heavy atom. The molecule has 8 aromatic carbocycles. The van der Waals surface area contributed by atoms with Gasteiger partial charge in [0, 0.05) is 49.3 Å². The minimum atomic E-state index is 0.489. The van der Waals surface area contributed by atoms with Crippen molar-refractivity contribution in [3.05, 3.63) is 199 Å². The average molecular weight is 726 g/mol. The van der Waals surface area contributed by atoms with Crippen LogP contribution in [-0.4, -0.2) is 19.5 Å². The topological polar surface area (TPSA) is 48.0 Å². The van der Waals surface area contributed by atoms with Gasteiger partial charge >= 0.3 is 0 Å². The van der Waals surface area contributed by atoms with Gasteiger partial charge in [0.2, 0.25) is 0 Å². The normalized spacial score (nSPS) is 11.5. The summed E-state index contributed by atoms with van der Waals surface area (Å²) in [5.74, 6) is 0. The molecule has 0 spiro atoms. The van der Waals surface area contributed by atoms with Crippen LogP contribution in [0.4, 0.5) is 5.69 Å². The van der Waals surface area contributed by atoms with E-state index in [9.17, 15) is 0 Å². The molecule has 0 unspecified atom stereocenters. The standard InChI is InChI=1S/C52H31N5/c1-53-43-32-44-52(56-50(35-18-6-3-7-19-35)49(55-44)34-16-4-2-5-17-34)47-41-24-10-13-25-42(41)54-51(48(43)47)40-23-9-8-20-37(40)33-28-30-36(31-29-33)57-45-26-14-11-21-38(45)39-22-12-15-27-46(39)57/h2-32H. The first-order valence-corrected chi connectivity index (χ1v) is 19.0. The first-order valence-electron chi connectivity index (χ1n) is 19.0. The number of benzene rings is 8. The molecule has 0 aliphatic heterocycles. The Bertz CT molecular complexity index is 3340. The van der Waals surface area contributed by atoms with Gasteiger partial charge in [0.25, 0.3) is 0 Å². The van der Waals surface area contributed by atoms with Gasteiger partial charge in [-0.1, -0.05) is 152 Å². The monoisotopic (exact) mass is 725 g/mol. The summed E-state index contributed by atoms with van der Waals surface area (Å²) in [4.78, 5) is 20.3. The van der Waals surface area contributed by atoms with Crippen LogP contribution in [0.1, 0.15) is 0 Å². The van der Waals surface area contributed by atoms with Crippen LogP contribution < -0.4 is 0 Å². The van der Waals surface area contributed by atoms with Crippen molar-refractivity contribution in [1.29, 1.82) is 0 Å². The van der Waals surface area contributed by atoms with Gasteiger partial charge in [-0.3, -0.25) is 0 Å². The van der Waals surface area contributed by atoms with Gasteiger partial charge in [-0.25, -0.2) is 19.8 Å². The molecule has 5 heteroatoms. The van der Waals surface area contributed by atoms with Crippen LogP contribution in [0, 0.1) is 6.57 Å². The van der Waals surface area contributed by atoms with Crippen molar-refractivity contribution in [2.45, 2.75) is 0 Å². The third kappa shape index (κ3) is 5.20. The van der Waals surface area contributed by atoms with E-state index in [1.54, 1.807) is 0 Å². The highest BCUT2D eigenvalue weighted by Crippen LogP contribution is 2.45. The van der Waals surface area contributed by atoms with Gasteiger partial charge in [0.05, 0.1) is 51.2 Å². The van der Waals surface area contributed by atoms with E-state index in [4.69, 9.17) is 21.5 Å². The summed E-state index contributed by atoms with van der Waals surface area (Å²) in [5.41, 5.74) is 13.4. The lowest BCUT2D eigenvalue weighted by molar-refractivity contribution is 1.18. The van der Waals surface area contributed by atoms with Crippen molar-refractivity contribution in [2.24, 2.45) is 0 Å². The second-order valence-corrected chi connectivity index (χ2v) is 14.2. The van der Waals surface area contributed by atoms with Crippen LogP contribution in [0.25, 0.3) is 110 Å². The number of fused-ring (bicyclic) bond motifs is 8. The minimum absolute atomic E-state index is 0.489. The van der Waals surface area contributed by atoms with E-state index in [2.05, 4.69) is 131 Å². The lowest BCUT2D eigenvalue weighted by Crippen LogP contribution is -1.99. The molecule has 0 amide bonds. The summed E-state index contributed by atoms with van der Waals surface area (Å²) in [5, 5.41) is 5.04. The molecule has 0 bridgehead atoms. The quantitative estimate of drug-likeness (QED) is 0.131. The van der Waals surface area contributed by atoms with Gasteiger partial charge < -0.3 is 4.57 Å². The Kier molecular flexibility index (Phi) is 7.48. The lowest BCUT2D eigenvalue weighted by Gasteiger charge is -2.18. The van der Waals surface area contributed by atoms with Gasteiger partial charge in [-0.05, 0) is 47.5 Å². The second-order valence-electron chi connectivity index (χ2n) is 14.2. The minimum Gasteiger partial charge on any atom is -0.309 e. The molecule has 11 aromatic rings. The predicted molar refractivity (Wildman–Crippen MR) is 235 cm³/mol. The van der Waals surface area contributed by atoms with E-state index in [0.29, 0.717) is 11.2 Å². The third-order valence-electron chi connectivity index (χ3n) is 11.0. The van der Waals surface area contributed by atoms with E-state index in [0.717, 1.165) is 77.8 Å². The Morgan fingerprint density at radius 3 is 1.58 bits per heavy atom. The molecule has 0 saturated carbocycles. The molecule has 0 atom stereocenters. The van der Waals surface area contributed by atoms with E-state index < -0.39 is 0 Å². The van der Waals surface area contributed by atoms with E-state index >= 15 is 0 Å². The first-order chi connectivity index (χ1) is 28.2. The van der Waals surface area contributed by atoms with Crippen molar-refractivity contribution < 1.29 is 0 Å². The zero-order chi connectivity index (χ0) is 37.9. The van der Waals surface area contributed by atoms with Gasteiger partial charge in [-0.15, -0.1) is 0 Å². The first kappa shape index (κ1) is 32.5. The number of rotatable bonds is 5. The molecule has 0 radical (unpaired) electrons. The molecule has 0 aliphatic carbocycles. The van der Waals surface area contributed by atoms with Crippen molar-refractivity contribution >= 4 is 60.2 Å².